The lowest BCUT2D eigenvalue weighted by atomic mass is 10.1. The number of nitrogens with zero attached hydrogens (tertiary/aromatic N) is 4. The Morgan fingerprint density at radius 1 is 1.03 bits per heavy atom. The first-order valence-electron chi connectivity index (χ1n) is 10.6. The van der Waals surface area contributed by atoms with Gasteiger partial charge in [-0.3, -0.25) is 14.0 Å². The van der Waals surface area contributed by atoms with E-state index in [1.807, 2.05) is 36.4 Å². The van der Waals surface area contributed by atoms with Gasteiger partial charge in [-0.1, -0.05) is 17.7 Å². The summed E-state index contributed by atoms with van der Waals surface area (Å²) in [5.74, 6) is -0.149. The molecule has 0 saturated carbocycles. The minimum absolute atomic E-state index is 0.188. The molecule has 0 aliphatic heterocycles. The molecule has 1 unspecified atom stereocenters. The maximum atomic E-state index is 12.8. The maximum Gasteiger partial charge on any atom is 0.275 e. The molecule has 0 spiro atoms. The van der Waals surface area contributed by atoms with Crippen LogP contribution in [0.2, 0.25) is 5.02 Å². The minimum Gasteiger partial charge on any atom is -0.309 e. The lowest BCUT2D eigenvalue weighted by molar-refractivity contribution is -0.117. The highest BCUT2D eigenvalue weighted by atomic mass is 35.5. The fraction of sp³-hybridized carbons (Fsp3) is 0.208. The van der Waals surface area contributed by atoms with Gasteiger partial charge in [-0.25, -0.2) is 15.0 Å². The highest BCUT2D eigenvalue weighted by molar-refractivity contribution is 6.30. The number of fused-ring (bicyclic) bond motifs is 1. The summed E-state index contributed by atoms with van der Waals surface area (Å²) in [7, 11) is 1.70. The third-order valence-corrected chi connectivity index (χ3v) is 5.61. The second kappa shape index (κ2) is 9.58. The van der Waals surface area contributed by atoms with Crippen molar-refractivity contribution in [3.05, 3.63) is 70.8 Å². The highest BCUT2D eigenvalue weighted by Crippen LogP contribution is 2.30. The summed E-state index contributed by atoms with van der Waals surface area (Å²) in [4.78, 5) is 38.5. The number of nitrogens with one attached hydrogen (secondary N) is 3. The van der Waals surface area contributed by atoms with Crippen molar-refractivity contribution in [1.29, 1.82) is 0 Å². The van der Waals surface area contributed by atoms with E-state index in [1.165, 1.54) is 12.3 Å². The van der Waals surface area contributed by atoms with Crippen LogP contribution in [0.5, 0.6) is 0 Å². The van der Waals surface area contributed by atoms with E-state index in [2.05, 4.69) is 30.9 Å². The molecule has 174 valence electrons. The largest absolute Gasteiger partial charge is 0.309 e. The van der Waals surface area contributed by atoms with Crippen LogP contribution in [0.25, 0.3) is 16.9 Å². The van der Waals surface area contributed by atoms with Crippen molar-refractivity contribution in [1.82, 2.24) is 24.7 Å². The highest BCUT2D eigenvalue weighted by Gasteiger charge is 2.18. The molecule has 0 aliphatic rings. The van der Waals surface area contributed by atoms with Crippen LogP contribution in [0.1, 0.15) is 28.8 Å². The molecule has 3 N–H and O–H groups in total. The first-order valence-corrected chi connectivity index (χ1v) is 11.0. The Morgan fingerprint density at radius 2 is 1.76 bits per heavy atom. The van der Waals surface area contributed by atoms with E-state index >= 15 is 0 Å². The van der Waals surface area contributed by atoms with Gasteiger partial charge in [-0.15, -0.1) is 0 Å². The summed E-state index contributed by atoms with van der Waals surface area (Å²) in [6, 6.07) is 12.1. The number of amides is 2. The van der Waals surface area contributed by atoms with Crippen molar-refractivity contribution < 1.29 is 9.59 Å². The number of carbonyl (C=O) groups is 2. The Balaban J connectivity index is 1.79. The Bertz CT molecular complexity index is 1380. The van der Waals surface area contributed by atoms with Gasteiger partial charge < -0.3 is 16.0 Å². The zero-order valence-electron chi connectivity index (χ0n) is 19.2. The molecule has 4 aromatic heterocycles. The third-order valence-electron chi connectivity index (χ3n) is 5.39. The Labute approximate surface area is 201 Å². The Hall–Kier alpha value is -3.82. The zero-order chi connectivity index (χ0) is 24.4. The fourth-order valence-corrected chi connectivity index (χ4v) is 3.67. The van der Waals surface area contributed by atoms with E-state index in [0.717, 1.165) is 28.3 Å². The molecule has 9 nitrogen and oxygen atoms in total. The third kappa shape index (κ3) is 4.75. The molecule has 4 rings (SSSR count). The number of pyridine rings is 3. The summed E-state index contributed by atoms with van der Waals surface area (Å²) in [5.41, 5.74) is 4.37. The predicted molar refractivity (Wildman–Crippen MR) is 132 cm³/mol. The number of rotatable bonds is 6. The number of aryl methyl sites for hydroxylation is 2. The second-order valence-electron chi connectivity index (χ2n) is 7.85. The SMILES string of the molecule is CNC(C)C(=O)Nc1cc(-c2c(C)nc3cccc(C)n23)cc(NC(=O)c2ccc(Cl)cn2)n1. The standard InChI is InChI=1S/C24H24ClN7O2/c1-13-6-5-7-21-28-14(2)22(32(13)21)16-10-19(30-23(33)15(3)26-4)29-20(11-16)31-24(34)18-9-8-17(25)12-27-18/h5-12,15,26H,1-4H3,(H2,29,30,31,33,34). The van der Waals surface area contributed by atoms with Crippen LogP contribution >= 0.6 is 11.6 Å². The van der Waals surface area contributed by atoms with Crippen LogP contribution in [-0.4, -0.2) is 44.3 Å². The average Bonchev–Trinajstić information content (AvgIpc) is 3.15. The summed E-state index contributed by atoms with van der Waals surface area (Å²) >= 11 is 5.88. The van der Waals surface area contributed by atoms with Crippen molar-refractivity contribution in [2.45, 2.75) is 26.8 Å². The van der Waals surface area contributed by atoms with E-state index in [-0.39, 0.29) is 17.4 Å². The quantitative estimate of drug-likeness (QED) is 0.388. The summed E-state index contributed by atoms with van der Waals surface area (Å²) in [6.07, 6.45) is 1.40. The van der Waals surface area contributed by atoms with Crippen LogP contribution in [0.3, 0.4) is 0 Å². The van der Waals surface area contributed by atoms with Gasteiger partial charge in [-0.2, -0.15) is 0 Å². The van der Waals surface area contributed by atoms with Crippen molar-refractivity contribution in [3.8, 4) is 11.3 Å². The van der Waals surface area contributed by atoms with Gasteiger partial charge in [0.05, 0.1) is 22.5 Å². The number of carbonyl (C=O) groups excluding carboxylic acids is 2. The van der Waals surface area contributed by atoms with Crippen molar-refractivity contribution >= 4 is 40.7 Å². The molecule has 4 heterocycles. The van der Waals surface area contributed by atoms with Crippen molar-refractivity contribution in [2.24, 2.45) is 0 Å². The summed E-state index contributed by atoms with van der Waals surface area (Å²) < 4.78 is 2.03. The van der Waals surface area contributed by atoms with Crippen LogP contribution in [0.15, 0.2) is 48.7 Å². The molecular weight excluding hydrogens is 454 g/mol. The molecular formula is C24H24ClN7O2. The van der Waals surface area contributed by atoms with Crippen LogP contribution < -0.4 is 16.0 Å². The predicted octanol–water partition coefficient (Wildman–Crippen LogP) is 3.86. The molecule has 34 heavy (non-hydrogen) atoms. The number of imidazole rings is 1. The first kappa shape index (κ1) is 23.3. The molecule has 1 atom stereocenters. The van der Waals surface area contributed by atoms with E-state index in [4.69, 9.17) is 11.6 Å². The van der Waals surface area contributed by atoms with E-state index in [1.54, 1.807) is 32.2 Å². The molecule has 0 aliphatic carbocycles. The number of anilines is 2. The van der Waals surface area contributed by atoms with E-state index in [0.29, 0.717) is 10.8 Å². The normalized spacial score (nSPS) is 11.9. The van der Waals surface area contributed by atoms with Gasteiger partial charge in [0, 0.05) is 17.5 Å². The first-order chi connectivity index (χ1) is 16.3. The Kier molecular flexibility index (Phi) is 6.58. The van der Waals surface area contributed by atoms with E-state index in [9.17, 15) is 9.59 Å². The summed E-state index contributed by atoms with van der Waals surface area (Å²) in [5, 5.41) is 8.91. The number of hydrogen-bond acceptors (Lipinski definition) is 6. The lowest BCUT2D eigenvalue weighted by Gasteiger charge is -2.14. The van der Waals surface area contributed by atoms with Gasteiger partial charge in [-0.05, 0) is 64.2 Å². The second-order valence-corrected chi connectivity index (χ2v) is 8.28. The lowest BCUT2D eigenvalue weighted by Crippen LogP contribution is -2.35. The van der Waals surface area contributed by atoms with E-state index < -0.39 is 11.9 Å². The summed E-state index contributed by atoms with van der Waals surface area (Å²) in [6.45, 7) is 5.65. The smallest absolute Gasteiger partial charge is 0.275 e. The molecule has 0 aromatic carbocycles. The molecule has 4 aromatic rings. The van der Waals surface area contributed by atoms with Crippen LogP contribution in [-0.2, 0) is 4.79 Å². The minimum atomic E-state index is -0.451. The number of aromatic nitrogens is 4. The van der Waals surface area contributed by atoms with Gasteiger partial charge in [0.15, 0.2) is 0 Å². The average molecular weight is 478 g/mol. The number of hydrogen-bond donors (Lipinski definition) is 3. The monoisotopic (exact) mass is 477 g/mol. The maximum absolute atomic E-state index is 12.8. The Morgan fingerprint density at radius 3 is 2.44 bits per heavy atom. The molecule has 10 heteroatoms. The van der Waals surface area contributed by atoms with Gasteiger partial charge >= 0.3 is 0 Å². The van der Waals surface area contributed by atoms with Crippen LogP contribution in [0, 0.1) is 13.8 Å². The van der Waals surface area contributed by atoms with Crippen LogP contribution in [0.4, 0.5) is 11.6 Å². The van der Waals surface area contributed by atoms with Gasteiger partial charge in [0.25, 0.3) is 5.91 Å². The molecule has 0 radical (unpaired) electrons. The number of halogens is 1. The van der Waals surface area contributed by atoms with Crippen molar-refractivity contribution in [3.63, 3.8) is 0 Å². The fourth-order valence-electron chi connectivity index (χ4n) is 3.56. The molecule has 0 fully saturated rings. The molecule has 2 amide bonds. The number of likely N-dealkylation sites (N-methyl/N-ethyl adjacent to an activating group) is 1. The van der Waals surface area contributed by atoms with Gasteiger partial charge in [0.2, 0.25) is 5.91 Å². The van der Waals surface area contributed by atoms with Crippen molar-refractivity contribution in [2.75, 3.05) is 17.7 Å². The topological polar surface area (TPSA) is 113 Å². The van der Waals surface area contributed by atoms with Gasteiger partial charge in [0.1, 0.15) is 23.0 Å². The zero-order valence-corrected chi connectivity index (χ0v) is 19.9. The molecule has 0 bridgehead atoms. The molecule has 0 saturated heterocycles.